The number of carbonyl (C=O) groups excluding carboxylic acids is 3. The molecule has 0 aromatic carbocycles. The van der Waals surface area contributed by atoms with E-state index >= 15 is 0 Å². The fourth-order valence-corrected chi connectivity index (χ4v) is 2.37. The SMILES string of the molecule is NC(=O)[C@@H]1CCCN1C(=O)[C@H](Cc1cnc[nH]1)N=C=O.O.O.O.O. The van der Waals surface area contributed by atoms with Crippen LogP contribution in [0.5, 0.6) is 0 Å². The molecule has 1 saturated heterocycles. The third-order valence-corrected chi connectivity index (χ3v) is 3.33. The van der Waals surface area contributed by atoms with E-state index in [-0.39, 0.29) is 34.2 Å². The first-order valence-electron chi connectivity index (χ1n) is 6.27. The molecule has 0 unspecified atom stereocenters. The standard InChI is InChI=1S/C12H15N5O3.4H2O/c13-11(19)10-2-1-3-17(10)12(20)9(16-7-18)4-8-5-14-6-15-8;;;;/h5-6,9-10H,1-4H2,(H2,13,19)(H,14,15);4*1H2/t9-,10-;;;;/m0..../s1. The number of nitrogens with two attached hydrogens (primary N) is 1. The van der Waals surface area contributed by atoms with Crippen LogP contribution in [0.2, 0.25) is 0 Å². The van der Waals surface area contributed by atoms with E-state index in [1.54, 1.807) is 6.20 Å². The molecule has 0 bridgehead atoms. The van der Waals surface area contributed by atoms with Gasteiger partial charge in [0.2, 0.25) is 17.9 Å². The Morgan fingerprint density at radius 2 is 2.08 bits per heavy atom. The summed E-state index contributed by atoms with van der Waals surface area (Å²) in [5, 5.41) is 0. The van der Waals surface area contributed by atoms with E-state index < -0.39 is 18.0 Å². The summed E-state index contributed by atoms with van der Waals surface area (Å²) < 4.78 is 0. The van der Waals surface area contributed by atoms with Crippen LogP contribution in [-0.4, -0.2) is 73.3 Å². The minimum atomic E-state index is -0.909. The highest BCUT2D eigenvalue weighted by molar-refractivity contribution is 5.90. The molecule has 12 heteroatoms. The van der Waals surface area contributed by atoms with Crippen molar-refractivity contribution in [3.8, 4) is 0 Å². The number of likely N-dealkylation sites (tertiary alicyclic amines) is 1. The minimum absolute atomic E-state index is 0. The fourth-order valence-electron chi connectivity index (χ4n) is 2.37. The van der Waals surface area contributed by atoms with Crippen LogP contribution in [0.25, 0.3) is 0 Å². The third-order valence-electron chi connectivity index (χ3n) is 3.33. The van der Waals surface area contributed by atoms with Crippen molar-refractivity contribution in [1.29, 1.82) is 0 Å². The summed E-state index contributed by atoms with van der Waals surface area (Å²) in [5.74, 6) is -0.921. The lowest BCUT2D eigenvalue weighted by atomic mass is 10.1. The Hall–Kier alpha value is -2.63. The number of hydrogen-bond acceptors (Lipinski definition) is 5. The first-order chi connectivity index (χ1) is 9.63. The van der Waals surface area contributed by atoms with Crippen LogP contribution in [-0.2, 0) is 20.8 Å². The van der Waals surface area contributed by atoms with Crippen molar-refractivity contribution in [1.82, 2.24) is 14.9 Å². The van der Waals surface area contributed by atoms with Crippen LogP contribution >= 0.6 is 0 Å². The molecule has 2 atom stereocenters. The zero-order valence-corrected chi connectivity index (χ0v) is 12.8. The second-order valence-electron chi connectivity index (χ2n) is 4.61. The summed E-state index contributed by atoms with van der Waals surface area (Å²) in [5.41, 5.74) is 5.96. The number of imidazole rings is 1. The molecule has 1 aromatic heterocycles. The van der Waals surface area contributed by atoms with Gasteiger partial charge >= 0.3 is 0 Å². The summed E-state index contributed by atoms with van der Waals surface area (Å²) in [4.78, 5) is 45.8. The molecule has 1 fully saturated rings. The molecule has 1 aliphatic heterocycles. The van der Waals surface area contributed by atoms with Crippen LogP contribution < -0.4 is 5.73 Å². The van der Waals surface area contributed by atoms with Gasteiger partial charge in [0.25, 0.3) is 0 Å². The smallest absolute Gasteiger partial charge is 0.249 e. The van der Waals surface area contributed by atoms with Gasteiger partial charge in [0, 0.05) is 24.9 Å². The summed E-state index contributed by atoms with van der Waals surface area (Å²) in [6, 6.07) is -1.53. The number of hydrogen-bond donors (Lipinski definition) is 2. The van der Waals surface area contributed by atoms with Gasteiger partial charge in [-0.1, -0.05) is 0 Å². The maximum absolute atomic E-state index is 12.4. The largest absolute Gasteiger partial charge is 0.412 e. The van der Waals surface area contributed by atoms with Crippen molar-refractivity contribution in [2.24, 2.45) is 10.7 Å². The summed E-state index contributed by atoms with van der Waals surface area (Å²) in [6.45, 7) is 0.445. The van der Waals surface area contributed by atoms with Crippen LogP contribution in [0.15, 0.2) is 17.5 Å². The van der Waals surface area contributed by atoms with Gasteiger partial charge in [-0.15, -0.1) is 0 Å². The van der Waals surface area contributed by atoms with Gasteiger partial charge in [-0.3, -0.25) is 9.59 Å². The van der Waals surface area contributed by atoms with Gasteiger partial charge in [-0.2, -0.15) is 4.99 Å². The van der Waals surface area contributed by atoms with E-state index in [9.17, 15) is 14.4 Å². The Labute approximate surface area is 137 Å². The first kappa shape index (κ1) is 26.3. The molecular weight excluding hydrogens is 326 g/mol. The maximum Gasteiger partial charge on any atom is 0.249 e. The average Bonchev–Trinajstić information content (AvgIpc) is 3.08. The quantitative estimate of drug-likeness (QED) is 0.396. The average molecular weight is 349 g/mol. The first-order valence-corrected chi connectivity index (χ1v) is 6.27. The Morgan fingerprint density at radius 3 is 2.58 bits per heavy atom. The maximum atomic E-state index is 12.4. The number of carbonyl (C=O) groups is 2. The van der Waals surface area contributed by atoms with Gasteiger partial charge in [-0.05, 0) is 12.8 Å². The number of amides is 2. The Bertz CT molecular complexity index is 544. The van der Waals surface area contributed by atoms with E-state index in [0.29, 0.717) is 25.1 Å². The predicted octanol–water partition coefficient (Wildman–Crippen LogP) is -4.17. The lowest BCUT2D eigenvalue weighted by Gasteiger charge is -2.24. The number of rotatable bonds is 5. The number of aliphatic imine (C=N–C) groups is 1. The molecule has 0 spiro atoms. The van der Waals surface area contributed by atoms with Crippen LogP contribution in [0.1, 0.15) is 18.5 Å². The van der Waals surface area contributed by atoms with Crippen molar-refractivity contribution < 1.29 is 36.3 Å². The Balaban J connectivity index is -0.00000110. The summed E-state index contributed by atoms with van der Waals surface area (Å²) >= 11 is 0. The van der Waals surface area contributed by atoms with Gasteiger partial charge in [0.05, 0.1) is 6.33 Å². The minimum Gasteiger partial charge on any atom is -0.412 e. The molecule has 2 heterocycles. The van der Waals surface area contributed by atoms with Gasteiger partial charge in [0.1, 0.15) is 12.1 Å². The molecule has 11 N–H and O–H groups in total. The highest BCUT2D eigenvalue weighted by Crippen LogP contribution is 2.19. The number of nitrogens with zero attached hydrogens (tertiary/aromatic N) is 3. The number of aromatic amines is 1. The zero-order chi connectivity index (χ0) is 14.5. The number of primary amides is 1. The second kappa shape index (κ2) is 11.9. The van der Waals surface area contributed by atoms with E-state index in [0.717, 1.165) is 0 Å². The molecule has 138 valence electrons. The van der Waals surface area contributed by atoms with Crippen LogP contribution in [0.4, 0.5) is 0 Å². The molecule has 0 aliphatic carbocycles. The molecule has 1 aliphatic rings. The molecule has 0 radical (unpaired) electrons. The van der Waals surface area contributed by atoms with Crippen LogP contribution in [0.3, 0.4) is 0 Å². The van der Waals surface area contributed by atoms with Gasteiger partial charge in [-0.25, -0.2) is 9.78 Å². The number of H-pyrrole nitrogens is 1. The van der Waals surface area contributed by atoms with Crippen molar-refractivity contribution in [3.05, 3.63) is 18.2 Å². The normalized spacial score (nSPS) is 16.2. The van der Waals surface area contributed by atoms with E-state index in [1.807, 2.05) is 0 Å². The van der Waals surface area contributed by atoms with E-state index in [2.05, 4.69) is 15.0 Å². The summed E-state index contributed by atoms with van der Waals surface area (Å²) in [7, 11) is 0. The molecule has 12 nitrogen and oxygen atoms in total. The number of aromatic nitrogens is 2. The highest BCUT2D eigenvalue weighted by atomic mass is 16.2. The number of isocyanates is 1. The molecule has 2 amide bonds. The predicted molar refractivity (Wildman–Crippen MR) is 82.6 cm³/mol. The molecule has 1 aromatic rings. The van der Waals surface area contributed by atoms with Crippen molar-refractivity contribution in [2.75, 3.05) is 6.54 Å². The second-order valence-corrected chi connectivity index (χ2v) is 4.61. The molecule has 2 rings (SSSR count). The fraction of sp³-hybridized carbons (Fsp3) is 0.500. The Morgan fingerprint density at radius 1 is 1.42 bits per heavy atom. The Kier molecular flexibility index (Phi) is 13.0. The highest BCUT2D eigenvalue weighted by Gasteiger charge is 2.36. The third kappa shape index (κ3) is 5.87. The molecular formula is C12H23N5O7. The lowest BCUT2D eigenvalue weighted by molar-refractivity contribution is -0.138. The number of nitrogens with one attached hydrogen (secondary N) is 1. The lowest BCUT2D eigenvalue weighted by Crippen LogP contribution is -2.47. The molecule has 24 heavy (non-hydrogen) atoms. The topological polar surface area (TPSA) is 248 Å². The van der Waals surface area contributed by atoms with Gasteiger partial charge < -0.3 is 37.5 Å². The van der Waals surface area contributed by atoms with Crippen molar-refractivity contribution >= 4 is 17.9 Å². The van der Waals surface area contributed by atoms with Crippen molar-refractivity contribution in [3.63, 3.8) is 0 Å². The van der Waals surface area contributed by atoms with E-state index in [1.165, 1.54) is 17.3 Å². The monoisotopic (exact) mass is 349 g/mol. The van der Waals surface area contributed by atoms with Crippen molar-refractivity contribution in [2.45, 2.75) is 31.3 Å². The van der Waals surface area contributed by atoms with Crippen LogP contribution in [0, 0.1) is 0 Å². The summed E-state index contributed by atoms with van der Waals surface area (Å²) in [6.07, 6.45) is 5.89. The van der Waals surface area contributed by atoms with Gasteiger partial charge in [0.15, 0.2) is 0 Å². The zero-order valence-electron chi connectivity index (χ0n) is 12.8. The molecule has 0 saturated carbocycles. The van der Waals surface area contributed by atoms with E-state index in [4.69, 9.17) is 5.73 Å².